The summed E-state index contributed by atoms with van der Waals surface area (Å²) in [6.07, 6.45) is 3.90. The van der Waals surface area contributed by atoms with E-state index in [1.165, 1.54) is 0 Å². The number of nitrogens with one attached hydrogen (secondary N) is 1. The fraction of sp³-hybridized carbons (Fsp3) is 0.474. The lowest BCUT2D eigenvalue weighted by molar-refractivity contribution is -0.131. The van der Waals surface area contributed by atoms with Gasteiger partial charge in [0.2, 0.25) is 18.6 Å². The van der Waals surface area contributed by atoms with Crippen molar-refractivity contribution < 1.29 is 28.9 Å². The number of aliphatic hydroxyl groups excluding tert-OH is 1. The number of anilines is 1. The Morgan fingerprint density at radius 3 is 3.04 bits per heavy atom. The Morgan fingerprint density at radius 2 is 2.19 bits per heavy atom. The van der Waals surface area contributed by atoms with E-state index in [-0.39, 0.29) is 31.3 Å². The molecule has 4 atom stereocenters. The second-order valence-corrected chi connectivity index (χ2v) is 7.23. The van der Waals surface area contributed by atoms with Crippen LogP contribution in [0.2, 0.25) is 0 Å². The van der Waals surface area contributed by atoms with Crippen LogP contribution in [0.25, 0.3) is 0 Å². The van der Waals surface area contributed by atoms with Gasteiger partial charge in [-0.2, -0.15) is 0 Å². The first-order chi connectivity index (χ1) is 13.1. The number of hydrogen-bond acceptors (Lipinski definition) is 6. The first-order valence-electron chi connectivity index (χ1n) is 9.10. The second-order valence-electron chi connectivity index (χ2n) is 7.23. The zero-order valence-corrected chi connectivity index (χ0v) is 14.6. The lowest BCUT2D eigenvalue weighted by atomic mass is 9.77. The van der Waals surface area contributed by atoms with Gasteiger partial charge in [0, 0.05) is 24.9 Å². The minimum Gasteiger partial charge on any atom is -0.454 e. The van der Waals surface area contributed by atoms with Crippen LogP contribution in [-0.2, 0) is 14.3 Å². The third-order valence-corrected chi connectivity index (χ3v) is 5.71. The average molecular weight is 372 g/mol. The van der Waals surface area contributed by atoms with E-state index >= 15 is 0 Å². The van der Waals surface area contributed by atoms with E-state index in [1.807, 2.05) is 18.2 Å². The number of benzene rings is 1. The lowest BCUT2D eigenvalue weighted by Gasteiger charge is -2.23. The van der Waals surface area contributed by atoms with Gasteiger partial charge in [-0.25, -0.2) is 0 Å². The number of rotatable bonds is 5. The third-order valence-electron chi connectivity index (χ3n) is 5.71. The van der Waals surface area contributed by atoms with Gasteiger partial charge in [-0.15, -0.1) is 0 Å². The number of hydrogen-bond donors (Lipinski definition) is 2. The van der Waals surface area contributed by atoms with Gasteiger partial charge in [0.05, 0.1) is 24.5 Å². The molecule has 4 heterocycles. The van der Waals surface area contributed by atoms with Crippen LogP contribution in [0.1, 0.15) is 6.42 Å². The van der Waals surface area contributed by atoms with Gasteiger partial charge in [0.25, 0.3) is 0 Å². The summed E-state index contributed by atoms with van der Waals surface area (Å²) in [5, 5.41) is 11.7. The van der Waals surface area contributed by atoms with E-state index in [0.717, 1.165) is 0 Å². The molecule has 27 heavy (non-hydrogen) atoms. The van der Waals surface area contributed by atoms with Gasteiger partial charge >= 0.3 is 0 Å². The zero-order chi connectivity index (χ0) is 18.6. The number of ether oxygens (including phenoxy) is 3. The predicted molar refractivity (Wildman–Crippen MR) is 93.4 cm³/mol. The molecule has 5 rings (SSSR count). The summed E-state index contributed by atoms with van der Waals surface area (Å²) in [7, 11) is 0. The molecule has 0 aliphatic carbocycles. The van der Waals surface area contributed by atoms with Crippen molar-refractivity contribution >= 4 is 17.5 Å². The molecule has 142 valence electrons. The Bertz CT molecular complexity index is 839. The molecule has 2 N–H and O–H groups in total. The Morgan fingerprint density at radius 1 is 1.33 bits per heavy atom. The van der Waals surface area contributed by atoms with Crippen molar-refractivity contribution in [3.8, 4) is 11.5 Å². The average Bonchev–Trinajstić information content (AvgIpc) is 3.41. The molecule has 4 aliphatic heterocycles. The smallest absolute Gasteiger partial charge is 0.234 e. The van der Waals surface area contributed by atoms with E-state index in [2.05, 4.69) is 5.32 Å². The summed E-state index contributed by atoms with van der Waals surface area (Å²) in [4.78, 5) is 27.6. The van der Waals surface area contributed by atoms with Gasteiger partial charge in [0.1, 0.15) is 5.60 Å². The maximum absolute atomic E-state index is 13.2. The van der Waals surface area contributed by atoms with Crippen LogP contribution >= 0.6 is 0 Å². The molecule has 2 amide bonds. The zero-order valence-electron chi connectivity index (χ0n) is 14.6. The molecule has 0 saturated carbocycles. The Labute approximate surface area is 155 Å². The monoisotopic (exact) mass is 372 g/mol. The Balaban J connectivity index is 1.42. The summed E-state index contributed by atoms with van der Waals surface area (Å²) in [6, 6.07) is 5.38. The van der Waals surface area contributed by atoms with Crippen LogP contribution in [0, 0.1) is 11.8 Å². The fourth-order valence-corrected chi connectivity index (χ4v) is 4.48. The quantitative estimate of drug-likeness (QED) is 0.566. The number of nitrogens with zero attached hydrogens (tertiary/aromatic N) is 1. The normalized spacial score (nSPS) is 32.3. The highest BCUT2D eigenvalue weighted by Crippen LogP contribution is 2.53. The van der Waals surface area contributed by atoms with Crippen LogP contribution in [0.5, 0.6) is 11.5 Å². The third kappa shape index (κ3) is 2.36. The minimum absolute atomic E-state index is 0.00890. The molecule has 2 fully saturated rings. The van der Waals surface area contributed by atoms with Crippen LogP contribution in [0.15, 0.2) is 30.4 Å². The summed E-state index contributed by atoms with van der Waals surface area (Å²) in [6.45, 7) is 0.920. The molecular weight excluding hydrogens is 352 g/mol. The maximum Gasteiger partial charge on any atom is 0.234 e. The number of aliphatic hydroxyl groups is 1. The van der Waals surface area contributed by atoms with E-state index in [9.17, 15) is 9.59 Å². The minimum atomic E-state index is -0.767. The standard InChI is InChI=1S/C19H20N2O6/c22-7-1-6-20-17(23)15-13-4-5-19(27-13)9-21(18(24)16(15)19)11-2-3-12-14(8-11)26-10-25-12/h2-5,8,13,15-16,22H,1,6-7,9-10H2,(H,20,23)/t13-,15+,16-,19-/m1/s1. The van der Waals surface area contributed by atoms with Crippen molar-refractivity contribution in [2.75, 3.05) is 31.4 Å². The highest BCUT2D eigenvalue weighted by molar-refractivity contribution is 6.03. The number of carbonyl (C=O) groups excluding carboxylic acids is 2. The van der Waals surface area contributed by atoms with Crippen LogP contribution < -0.4 is 19.7 Å². The molecule has 0 unspecified atom stereocenters. The molecule has 4 aliphatic rings. The Kier molecular flexibility index (Phi) is 3.66. The summed E-state index contributed by atoms with van der Waals surface area (Å²) < 4.78 is 16.8. The Hall–Kier alpha value is -2.58. The van der Waals surface area contributed by atoms with Crippen molar-refractivity contribution in [2.45, 2.75) is 18.1 Å². The van der Waals surface area contributed by atoms with Gasteiger partial charge in [-0.3, -0.25) is 9.59 Å². The lowest BCUT2D eigenvalue weighted by Crippen LogP contribution is -2.44. The number of amides is 2. The molecule has 2 bridgehead atoms. The molecule has 2 saturated heterocycles. The van der Waals surface area contributed by atoms with Crippen molar-refractivity contribution in [2.24, 2.45) is 11.8 Å². The van der Waals surface area contributed by atoms with E-state index in [0.29, 0.717) is 36.7 Å². The molecular formula is C19H20N2O6. The first kappa shape index (κ1) is 16.6. The number of fused-ring (bicyclic) bond motifs is 2. The van der Waals surface area contributed by atoms with Gasteiger partial charge in [-0.1, -0.05) is 12.2 Å². The van der Waals surface area contributed by atoms with Gasteiger partial charge in [0.15, 0.2) is 11.5 Å². The van der Waals surface area contributed by atoms with E-state index in [1.54, 1.807) is 17.0 Å². The van der Waals surface area contributed by atoms with Gasteiger partial charge < -0.3 is 29.5 Å². The molecule has 8 nitrogen and oxygen atoms in total. The van der Waals surface area contributed by atoms with Crippen molar-refractivity contribution in [3.63, 3.8) is 0 Å². The molecule has 8 heteroatoms. The van der Waals surface area contributed by atoms with Crippen molar-refractivity contribution in [1.29, 1.82) is 0 Å². The SMILES string of the molecule is O=C(NCCCO)[C@H]1[C@H]2C=C[C@]3(CN(c4ccc5c(c4)OCO5)C(=O)[C@@H]13)O2. The second kappa shape index (κ2) is 5.97. The van der Waals surface area contributed by atoms with Crippen LogP contribution in [0.4, 0.5) is 5.69 Å². The summed E-state index contributed by atoms with van der Waals surface area (Å²) in [5.74, 6) is -0.170. The van der Waals surface area contributed by atoms with Crippen LogP contribution in [0.3, 0.4) is 0 Å². The summed E-state index contributed by atoms with van der Waals surface area (Å²) in [5.41, 5.74) is -0.0650. The molecule has 1 aromatic carbocycles. The molecule has 1 spiro atoms. The number of carbonyl (C=O) groups is 2. The molecule has 1 aromatic rings. The topological polar surface area (TPSA) is 97.3 Å². The van der Waals surface area contributed by atoms with Crippen LogP contribution in [-0.4, -0.2) is 55.1 Å². The fourth-order valence-electron chi connectivity index (χ4n) is 4.48. The van der Waals surface area contributed by atoms with Gasteiger partial charge in [-0.05, 0) is 18.6 Å². The first-order valence-corrected chi connectivity index (χ1v) is 9.10. The molecule has 0 radical (unpaired) electrons. The highest BCUT2D eigenvalue weighted by Gasteiger charge is 2.67. The van der Waals surface area contributed by atoms with E-state index < -0.39 is 17.4 Å². The summed E-state index contributed by atoms with van der Waals surface area (Å²) >= 11 is 0. The molecule has 0 aromatic heterocycles. The predicted octanol–water partition coefficient (Wildman–Crippen LogP) is 0.200. The van der Waals surface area contributed by atoms with E-state index in [4.69, 9.17) is 19.3 Å². The highest BCUT2D eigenvalue weighted by atomic mass is 16.7. The maximum atomic E-state index is 13.2. The van der Waals surface area contributed by atoms with Crippen molar-refractivity contribution in [1.82, 2.24) is 5.32 Å². The largest absolute Gasteiger partial charge is 0.454 e. The van der Waals surface area contributed by atoms with Crippen molar-refractivity contribution in [3.05, 3.63) is 30.4 Å².